The molecule has 1 atom stereocenters. The van der Waals surface area contributed by atoms with Gasteiger partial charge in [0.25, 0.3) is 5.91 Å². The van der Waals surface area contributed by atoms with Crippen molar-refractivity contribution in [2.75, 3.05) is 19.5 Å². The fourth-order valence-corrected chi connectivity index (χ4v) is 4.05. The molecule has 0 saturated carbocycles. The maximum Gasteiger partial charge on any atom is 0.252 e. The summed E-state index contributed by atoms with van der Waals surface area (Å²) in [6.45, 7) is 3.46. The highest BCUT2D eigenvalue weighted by atomic mass is 32.2. The summed E-state index contributed by atoms with van der Waals surface area (Å²) in [6, 6.07) is 1.50. The molecule has 1 N–H and O–H groups in total. The number of carbonyl (C=O) groups is 1. The third-order valence-electron chi connectivity index (χ3n) is 3.53. The number of sulfone groups is 1. The SMILES string of the molecule is CC(NC(=O)c1csc(S(C)(=O)=O)c1)C1CCOCC1. The van der Waals surface area contributed by atoms with E-state index >= 15 is 0 Å². The summed E-state index contributed by atoms with van der Waals surface area (Å²) in [4.78, 5) is 12.1. The maximum absolute atomic E-state index is 12.1. The summed E-state index contributed by atoms with van der Waals surface area (Å²) in [7, 11) is -3.24. The van der Waals surface area contributed by atoms with E-state index in [0.29, 0.717) is 11.5 Å². The first kappa shape index (κ1) is 15.5. The molecule has 2 heterocycles. The first-order valence-electron chi connectivity index (χ1n) is 6.55. The Hall–Kier alpha value is -0.920. The van der Waals surface area contributed by atoms with E-state index in [1.807, 2.05) is 6.92 Å². The third-order valence-corrected chi connectivity index (χ3v) is 6.30. The van der Waals surface area contributed by atoms with Crippen LogP contribution in [0.15, 0.2) is 15.7 Å². The van der Waals surface area contributed by atoms with Gasteiger partial charge in [-0.2, -0.15) is 0 Å². The zero-order valence-corrected chi connectivity index (χ0v) is 13.2. The van der Waals surface area contributed by atoms with E-state index in [4.69, 9.17) is 4.74 Å². The van der Waals surface area contributed by atoms with Gasteiger partial charge < -0.3 is 10.1 Å². The van der Waals surface area contributed by atoms with Gasteiger partial charge in [0.15, 0.2) is 9.84 Å². The van der Waals surface area contributed by atoms with Gasteiger partial charge in [0.2, 0.25) is 0 Å². The van der Waals surface area contributed by atoms with Crippen LogP contribution in [-0.2, 0) is 14.6 Å². The molecule has 1 amide bonds. The topological polar surface area (TPSA) is 72.5 Å². The zero-order chi connectivity index (χ0) is 14.8. The lowest BCUT2D eigenvalue weighted by Crippen LogP contribution is -2.40. The molecule has 112 valence electrons. The van der Waals surface area contributed by atoms with Crippen LogP contribution in [0.2, 0.25) is 0 Å². The van der Waals surface area contributed by atoms with E-state index in [2.05, 4.69) is 5.32 Å². The monoisotopic (exact) mass is 317 g/mol. The molecular formula is C13H19NO4S2. The predicted octanol–water partition coefficient (Wildman–Crippen LogP) is 1.70. The molecular weight excluding hydrogens is 298 g/mol. The number of thiophene rings is 1. The number of nitrogens with one attached hydrogen (secondary N) is 1. The van der Waals surface area contributed by atoms with Crippen molar-refractivity contribution in [3.8, 4) is 0 Å². The summed E-state index contributed by atoms with van der Waals surface area (Å²) in [5.41, 5.74) is 0.411. The first-order chi connectivity index (χ1) is 9.38. The third kappa shape index (κ3) is 3.80. The van der Waals surface area contributed by atoms with Gasteiger partial charge in [0.05, 0.1) is 5.56 Å². The Bertz CT molecular complexity index is 573. The Morgan fingerprint density at radius 3 is 2.65 bits per heavy atom. The van der Waals surface area contributed by atoms with Gasteiger partial charge >= 0.3 is 0 Å². The van der Waals surface area contributed by atoms with Crippen LogP contribution in [0.25, 0.3) is 0 Å². The van der Waals surface area contributed by atoms with E-state index < -0.39 is 9.84 Å². The van der Waals surface area contributed by atoms with Crippen LogP contribution >= 0.6 is 11.3 Å². The Kier molecular flexibility index (Phi) is 4.82. The molecule has 0 spiro atoms. The molecule has 0 aromatic carbocycles. The molecule has 0 radical (unpaired) electrons. The van der Waals surface area contributed by atoms with Crippen molar-refractivity contribution in [1.82, 2.24) is 5.32 Å². The van der Waals surface area contributed by atoms with Crippen molar-refractivity contribution in [3.63, 3.8) is 0 Å². The highest BCUT2D eigenvalue weighted by Crippen LogP contribution is 2.22. The second-order valence-electron chi connectivity index (χ2n) is 5.14. The molecule has 2 rings (SSSR count). The minimum absolute atomic E-state index is 0.0629. The van der Waals surface area contributed by atoms with Crippen LogP contribution in [0.4, 0.5) is 0 Å². The summed E-state index contributed by atoms with van der Waals surface area (Å²) >= 11 is 1.08. The van der Waals surface area contributed by atoms with E-state index in [-0.39, 0.29) is 16.2 Å². The summed E-state index contributed by atoms with van der Waals surface area (Å²) in [6.07, 6.45) is 3.03. The Labute approximate surface area is 123 Å². The van der Waals surface area contributed by atoms with Crippen LogP contribution in [-0.4, -0.2) is 39.8 Å². The molecule has 1 aliphatic rings. The predicted molar refractivity (Wildman–Crippen MR) is 77.9 cm³/mol. The lowest BCUT2D eigenvalue weighted by Gasteiger charge is -2.28. The number of hydrogen-bond donors (Lipinski definition) is 1. The van der Waals surface area contributed by atoms with Crippen LogP contribution in [0, 0.1) is 5.92 Å². The van der Waals surface area contributed by atoms with Gasteiger partial charge in [-0.3, -0.25) is 4.79 Å². The number of rotatable bonds is 4. The smallest absolute Gasteiger partial charge is 0.252 e. The quantitative estimate of drug-likeness (QED) is 0.917. The Morgan fingerprint density at radius 1 is 1.45 bits per heavy atom. The van der Waals surface area contributed by atoms with E-state index in [1.54, 1.807) is 5.38 Å². The lowest BCUT2D eigenvalue weighted by atomic mass is 9.93. The molecule has 1 fully saturated rings. The van der Waals surface area contributed by atoms with Crippen LogP contribution in [0.1, 0.15) is 30.1 Å². The molecule has 1 aromatic heterocycles. The Morgan fingerprint density at radius 2 is 2.10 bits per heavy atom. The largest absolute Gasteiger partial charge is 0.381 e. The first-order valence-corrected chi connectivity index (χ1v) is 9.32. The van der Waals surface area contributed by atoms with Crippen molar-refractivity contribution in [2.45, 2.75) is 30.0 Å². The Balaban J connectivity index is 1.99. The fraction of sp³-hybridized carbons (Fsp3) is 0.615. The molecule has 1 saturated heterocycles. The number of carbonyl (C=O) groups excluding carboxylic acids is 1. The highest BCUT2D eigenvalue weighted by molar-refractivity contribution is 7.92. The molecule has 1 aliphatic heterocycles. The van der Waals surface area contributed by atoms with E-state index in [1.165, 1.54) is 6.07 Å². The zero-order valence-electron chi connectivity index (χ0n) is 11.6. The van der Waals surface area contributed by atoms with Gasteiger partial charge in [0.1, 0.15) is 4.21 Å². The van der Waals surface area contributed by atoms with Crippen molar-refractivity contribution in [2.24, 2.45) is 5.92 Å². The van der Waals surface area contributed by atoms with Gasteiger partial charge in [-0.15, -0.1) is 11.3 Å². The lowest BCUT2D eigenvalue weighted by molar-refractivity contribution is 0.0538. The summed E-state index contributed by atoms with van der Waals surface area (Å²) in [5.74, 6) is 0.204. The normalized spacial score (nSPS) is 18.7. The van der Waals surface area contributed by atoms with Gasteiger partial charge in [0, 0.05) is 30.9 Å². The van der Waals surface area contributed by atoms with Gasteiger partial charge in [-0.25, -0.2) is 8.42 Å². The number of ether oxygens (including phenoxy) is 1. The fourth-order valence-electron chi connectivity index (χ4n) is 2.25. The summed E-state index contributed by atoms with van der Waals surface area (Å²) < 4.78 is 28.3. The molecule has 1 unspecified atom stereocenters. The van der Waals surface area contributed by atoms with Crippen molar-refractivity contribution >= 4 is 27.1 Å². The molecule has 0 aliphatic carbocycles. The second-order valence-corrected chi connectivity index (χ2v) is 8.29. The molecule has 0 bridgehead atoms. The molecule has 7 heteroatoms. The average molecular weight is 317 g/mol. The average Bonchev–Trinajstić information content (AvgIpc) is 2.89. The van der Waals surface area contributed by atoms with Crippen molar-refractivity contribution in [1.29, 1.82) is 0 Å². The molecule has 20 heavy (non-hydrogen) atoms. The van der Waals surface area contributed by atoms with Gasteiger partial charge in [-0.05, 0) is 31.7 Å². The van der Waals surface area contributed by atoms with Crippen LogP contribution in [0.5, 0.6) is 0 Å². The van der Waals surface area contributed by atoms with Gasteiger partial charge in [-0.1, -0.05) is 0 Å². The number of amides is 1. The van der Waals surface area contributed by atoms with E-state index in [0.717, 1.165) is 43.6 Å². The minimum atomic E-state index is -3.24. The molecule has 1 aromatic rings. The van der Waals surface area contributed by atoms with Crippen LogP contribution < -0.4 is 5.32 Å². The highest BCUT2D eigenvalue weighted by Gasteiger charge is 2.23. The maximum atomic E-state index is 12.1. The van der Waals surface area contributed by atoms with Crippen molar-refractivity contribution in [3.05, 3.63) is 17.0 Å². The van der Waals surface area contributed by atoms with Crippen molar-refractivity contribution < 1.29 is 17.9 Å². The molecule has 5 nitrogen and oxygen atoms in total. The van der Waals surface area contributed by atoms with Crippen LogP contribution in [0.3, 0.4) is 0 Å². The minimum Gasteiger partial charge on any atom is -0.381 e. The summed E-state index contributed by atoms with van der Waals surface area (Å²) in [5, 5.41) is 4.53. The second kappa shape index (κ2) is 6.24. The standard InChI is InChI=1S/C13H19NO4S2/c1-9(10-3-5-18-6-4-10)14-13(15)11-7-12(19-8-11)20(2,16)17/h7-10H,3-6H2,1-2H3,(H,14,15). The number of hydrogen-bond acceptors (Lipinski definition) is 5. The van der Waals surface area contributed by atoms with E-state index in [9.17, 15) is 13.2 Å².